The third kappa shape index (κ3) is 4.96. The number of fused-ring (bicyclic) bond motifs is 1. The van der Waals surface area contributed by atoms with Gasteiger partial charge in [0.25, 0.3) is 0 Å². The Morgan fingerprint density at radius 2 is 2.27 bits per heavy atom. The van der Waals surface area contributed by atoms with Gasteiger partial charge in [-0.15, -0.1) is 0 Å². The number of hydrogen-bond donors (Lipinski definition) is 1. The Balaban J connectivity index is 1.47. The summed E-state index contributed by atoms with van der Waals surface area (Å²) >= 11 is 0. The lowest BCUT2D eigenvalue weighted by molar-refractivity contribution is -0.124. The molecule has 3 atom stereocenters. The Hall–Kier alpha value is -1.63. The normalized spacial score (nSPS) is 25.7. The first-order chi connectivity index (χ1) is 12.7. The van der Waals surface area contributed by atoms with Crippen LogP contribution in [0.15, 0.2) is 24.3 Å². The Morgan fingerprint density at radius 1 is 1.38 bits per heavy atom. The van der Waals surface area contributed by atoms with Gasteiger partial charge in [-0.25, -0.2) is 0 Å². The number of carbonyl (C=O) groups excluding carboxylic acids is 1. The van der Waals surface area contributed by atoms with E-state index in [9.17, 15) is 4.79 Å². The lowest BCUT2D eigenvalue weighted by atomic mass is 9.83. The van der Waals surface area contributed by atoms with Crippen LogP contribution in [0.2, 0.25) is 0 Å². The summed E-state index contributed by atoms with van der Waals surface area (Å²) in [6.45, 7) is 4.87. The Labute approximate surface area is 155 Å². The predicted octanol–water partition coefficient (Wildman–Crippen LogP) is 1.68. The van der Waals surface area contributed by atoms with Crippen molar-refractivity contribution >= 4 is 5.91 Å². The van der Waals surface area contributed by atoms with Crippen LogP contribution in [0.4, 0.5) is 0 Å². The molecular formula is C20H30N2O4. The van der Waals surface area contributed by atoms with E-state index < -0.39 is 0 Å². The molecule has 0 bridgehead atoms. The van der Waals surface area contributed by atoms with Crippen molar-refractivity contribution in [2.75, 3.05) is 47.1 Å². The van der Waals surface area contributed by atoms with Crippen molar-refractivity contribution in [2.24, 2.45) is 11.8 Å². The van der Waals surface area contributed by atoms with Gasteiger partial charge < -0.3 is 19.5 Å². The van der Waals surface area contributed by atoms with Crippen molar-refractivity contribution in [1.29, 1.82) is 0 Å². The van der Waals surface area contributed by atoms with Crippen LogP contribution in [0.1, 0.15) is 18.4 Å². The number of rotatable bonds is 8. The highest BCUT2D eigenvalue weighted by molar-refractivity contribution is 5.76. The second-order valence-corrected chi connectivity index (χ2v) is 7.22. The van der Waals surface area contributed by atoms with Crippen LogP contribution in [0.3, 0.4) is 0 Å². The summed E-state index contributed by atoms with van der Waals surface area (Å²) in [6.07, 6.45) is 1.60. The molecule has 0 unspecified atom stereocenters. The molecule has 144 valence electrons. The summed E-state index contributed by atoms with van der Waals surface area (Å²) in [5, 5.41) is 2.89. The fourth-order valence-electron chi connectivity index (χ4n) is 4.09. The summed E-state index contributed by atoms with van der Waals surface area (Å²) in [5.74, 6) is 1.98. The number of hydrogen-bond acceptors (Lipinski definition) is 5. The van der Waals surface area contributed by atoms with Crippen molar-refractivity contribution in [2.45, 2.75) is 25.5 Å². The van der Waals surface area contributed by atoms with E-state index in [1.54, 1.807) is 14.2 Å². The quantitative estimate of drug-likeness (QED) is 0.713. The van der Waals surface area contributed by atoms with Crippen LogP contribution in [0.25, 0.3) is 0 Å². The third-order valence-electron chi connectivity index (χ3n) is 5.43. The van der Waals surface area contributed by atoms with E-state index in [4.69, 9.17) is 14.2 Å². The lowest BCUT2D eigenvalue weighted by Crippen LogP contribution is -2.42. The second kappa shape index (κ2) is 9.35. The average molecular weight is 362 g/mol. The van der Waals surface area contributed by atoms with Gasteiger partial charge in [-0.3, -0.25) is 9.69 Å². The minimum Gasteiger partial charge on any atom is -0.497 e. The number of nitrogens with zero attached hydrogens (tertiary/aromatic N) is 1. The Bertz CT molecular complexity index is 595. The molecule has 0 spiro atoms. The number of ether oxygens (including phenoxy) is 3. The molecule has 2 saturated heterocycles. The molecule has 1 N–H and O–H groups in total. The highest BCUT2D eigenvalue weighted by atomic mass is 16.5. The summed E-state index contributed by atoms with van der Waals surface area (Å²) in [5.41, 5.74) is 1.27. The standard InChI is InChI=1S/C20H30N2O4/c1-24-9-7-21-20(23)11-19-18-6-8-22(13-16(18)14-26-19)12-15-4-3-5-17(10-15)25-2/h3-5,10,16,18-19H,6-9,11-14H2,1-2H3,(H,21,23)/t16-,18-,19-/m1/s1. The van der Waals surface area contributed by atoms with E-state index in [0.717, 1.165) is 38.4 Å². The van der Waals surface area contributed by atoms with Crippen molar-refractivity contribution in [1.82, 2.24) is 10.2 Å². The van der Waals surface area contributed by atoms with Crippen LogP contribution in [0.5, 0.6) is 5.75 Å². The number of nitrogens with one attached hydrogen (secondary N) is 1. The van der Waals surface area contributed by atoms with Gasteiger partial charge in [0.05, 0.1) is 32.8 Å². The summed E-state index contributed by atoms with van der Waals surface area (Å²) < 4.78 is 16.3. The van der Waals surface area contributed by atoms with Crippen LogP contribution in [0, 0.1) is 11.8 Å². The van der Waals surface area contributed by atoms with Gasteiger partial charge in [0.1, 0.15) is 5.75 Å². The van der Waals surface area contributed by atoms with Gasteiger partial charge in [0.2, 0.25) is 5.91 Å². The zero-order chi connectivity index (χ0) is 18.4. The van der Waals surface area contributed by atoms with Gasteiger partial charge in [-0.1, -0.05) is 12.1 Å². The molecule has 1 amide bonds. The monoisotopic (exact) mass is 362 g/mol. The van der Waals surface area contributed by atoms with E-state index in [1.165, 1.54) is 5.56 Å². The molecule has 6 heteroatoms. The second-order valence-electron chi connectivity index (χ2n) is 7.22. The molecule has 2 heterocycles. The first-order valence-electron chi connectivity index (χ1n) is 9.42. The van der Waals surface area contributed by atoms with Crippen LogP contribution < -0.4 is 10.1 Å². The molecule has 0 radical (unpaired) electrons. The van der Waals surface area contributed by atoms with Gasteiger partial charge in [-0.05, 0) is 36.6 Å². The largest absolute Gasteiger partial charge is 0.497 e. The van der Waals surface area contributed by atoms with Crippen molar-refractivity contribution < 1.29 is 19.0 Å². The maximum Gasteiger partial charge on any atom is 0.222 e. The highest BCUT2D eigenvalue weighted by Crippen LogP contribution is 2.36. The van der Waals surface area contributed by atoms with Crippen molar-refractivity contribution in [3.63, 3.8) is 0 Å². The number of benzene rings is 1. The predicted molar refractivity (Wildman–Crippen MR) is 99.1 cm³/mol. The number of likely N-dealkylation sites (tertiary alicyclic amines) is 1. The van der Waals surface area contributed by atoms with E-state index in [0.29, 0.717) is 31.4 Å². The molecule has 6 nitrogen and oxygen atoms in total. The fourth-order valence-corrected chi connectivity index (χ4v) is 4.09. The molecule has 0 aromatic heterocycles. The molecule has 1 aromatic rings. The van der Waals surface area contributed by atoms with Crippen molar-refractivity contribution in [3.05, 3.63) is 29.8 Å². The van der Waals surface area contributed by atoms with Gasteiger partial charge in [0.15, 0.2) is 0 Å². The zero-order valence-electron chi connectivity index (χ0n) is 15.8. The molecule has 2 aliphatic rings. The smallest absolute Gasteiger partial charge is 0.222 e. The summed E-state index contributed by atoms with van der Waals surface area (Å²) in [7, 11) is 3.34. The number of amides is 1. The SMILES string of the molecule is COCCNC(=O)C[C@H]1OC[C@H]2CN(Cc3cccc(OC)c3)CC[C@H]21. The van der Waals surface area contributed by atoms with Gasteiger partial charge in [-0.2, -0.15) is 0 Å². The highest BCUT2D eigenvalue weighted by Gasteiger charge is 2.41. The molecule has 2 fully saturated rings. The minimum atomic E-state index is 0.0570. The maximum absolute atomic E-state index is 12.0. The summed E-state index contributed by atoms with van der Waals surface area (Å²) in [6, 6.07) is 8.26. The van der Waals surface area contributed by atoms with Crippen molar-refractivity contribution in [3.8, 4) is 5.75 Å². The lowest BCUT2D eigenvalue weighted by Gasteiger charge is -2.35. The van der Waals surface area contributed by atoms with E-state index in [1.807, 2.05) is 12.1 Å². The van der Waals surface area contributed by atoms with Crippen LogP contribution in [-0.2, 0) is 20.8 Å². The first kappa shape index (κ1) is 19.1. The molecule has 2 aliphatic heterocycles. The molecule has 0 aliphatic carbocycles. The average Bonchev–Trinajstić information content (AvgIpc) is 3.04. The minimum absolute atomic E-state index is 0.0570. The van der Waals surface area contributed by atoms with E-state index in [2.05, 4.69) is 22.3 Å². The summed E-state index contributed by atoms with van der Waals surface area (Å²) in [4.78, 5) is 14.5. The third-order valence-corrected chi connectivity index (χ3v) is 5.43. The van der Waals surface area contributed by atoms with Gasteiger partial charge in [0, 0.05) is 32.7 Å². The zero-order valence-corrected chi connectivity index (χ0v) is 15.8. The van der Waals surface area contributed by atoms with E-state index in [-0.39, 0.29) is 12.0 Å². The number of carbonyl (C=O) groups is 1. The number of methoxy groups -OCH3 is 2. The molecule has 3 rings (SSSR count). The molecule has 0 saturated carbocycles. The molecule has 26 heavy (non-hydrogen) atoms. The van der Waals surface area contributed by atoms with E-state index >= 15 is 0 Å². The Kier molecular flexibility index (Phi) is 6.88. The van der Waals surface area contributed by atoms with Crippen LogP contribution >= 0.6 is 0 Å². The molecule has 1 aromatic carbocycles. The number of piperidine rings is 1. The van der Waals surface area contributed by atoms with Crippen LogP contribution in [-0.4, -0.2) is 64.0 Å². The first-order valence-corrected chi connectivity index (χ1v) is 9.42. The molecular weight excluding hydrogens is 332 g/mol. The Morgan fingerprint density at radius 3 is 3.08 bits per heavy atom. The fraction of sp³-hybridized carbons (Fsp3) is 0.650. The maximum atomic E-state index is 12.0. The van der Waals surface area contributed by atoms with Gasteiger partial charge >= 0.3 is 0 Å². The topological polar surface area (TPSA) is 60.0 Å².